The molecular weight excluding hydrogens is 292 g/mol. The molecule has 4 atom stereocenters. The zero-order valence-electron chi connectivity index (χ0n) is 14.0. The van der Waals surface area contributed by atoms with Gasteiger partial charge in [0.1, 0.15) is 5.60 Å². The number of benzene rings is 1. The van der Waals surface area contributed by atoms with Crippen LogP contribution in [0.4, 0.5) is 5.69 Å². The molecule has 2 aliphatic heterocycles. The Bertz CT molecular complexity index is 647. The molecule has 3 aliphatic rings. The van der Waals surface area contributed by atoms with Gasteiger partial charge in [-0.15, -0.1) is 0 Å². The first kappa shape index (κ1) is 15.0. The topological polar surface area (TPSA) is 50.8 Å². The second kappa shape index (κ2) is 5.21. The molecule has 5 heteroatoms. The van der Waals surface area contributed by atoms with Crippen LogP contribution in [-0.4, -0.2) is 51.3 Å². The summed E-state index contributed by atoms with van der Waals surface area (Å²) in [5, 5.41) is 3.53. The molecule has 1 fully saturated rings. The minimum atomic E-state index is -0.431. The molecule has 0 spiro atoms. The van der Waals surface area contributed by atoms with Crippen LogP contribution < -0.4 is 5.32 Å². The summed E-state index contributed by atoms with van der Waals surface area (Å²) in [4.78, 5) is 14.5. The average Bonchev–Trinajstić information content (AvgIpc) is 2.99. The number of carbonyl (C=O) groups is 1. The van der Waals surface area contributed by atoms with Crippen LogP contribution in [0.1, 0.15) is 29.9 Å². The highest BCUT2D eigenvalue weighted by Crippen LogP contribution is 2.54. The van der Waals surface area contributed by atoms with Crippen molar-refractivity contribution in [1.29, 1.82) is 0 Å². The van der Waals surface area contributed by atoms with E-state index in [1.807, 2.05) is 0 Å². The number of methoxy groups -OCH3 is 2. The second-order valence-corrected chi connectivity index (χ2v) is 7.05. The van der Waals surface area contributed by atoms with E-state index in [0.29, 0.717) is 18.4 Å². The summed E-state index contributed by atoms with van der Waals surface area (Å²) in [5.74, 6) is 0.245. The third kappa shape index (κ3) is 1.96. The maximum Gasteiger partial charge on any atom is 0.310 e. The van der Waals surface area contributed by atoms with Crippen molar-refractivity contribution in [2.75, 3.05) is 39.7 Å². The average molecular weight is 316 g/mol. The fourth-order valence-electron chi connectivity index (χ4n) is 5.05. The second-order valence-electron chi connectivity index (χ2n) is 7.05. The van der Waals surface area contributed by atoms with Gasteiger partial charge in [-0.3, -0.25) is 9.69 Å². The van der Waals surface area contributed by atoms with Gasteiger partial charge in [0.2, 0.25) is 0 Å². The molecule has 0 bridgehead atoms. The van der Waals surface area contributed by atoms with Crippen molar-refractivity contribution < 1.29 is 14.3 Å². The summed E-state index contributed by atoms with van der Waals surface area (Å²) in [5.41, 5.74) is 3.44. The molecule has 1 aromatic carbocycles. The normalized spacial score (nSPS) is 35.2. The van der Waals surface area contributed by atoms with E-state index in [1.54, 1.807) is 7.11 Å². The van der Waals surface area contributed by atoms with Crippen LogP contribution in [0.2, 0.25) is 0 Å². The largest absolute Gasteiger partial charge is 0.469 e. The van der Waals surface area contributed by atoms with Crippen molar-refractivity contribution in [1.82, 2.24) is 4.90 Å². The lowest BCUT2D eigenvalue weighted by molar-refractivity contribution is -0.166. The summed E-state index contributed by atoms with van der Waals surface area (Å²) >= 11 is 0. The van der Waals surface area contributed by atoms with Gasteiger partial charge in [-0.1, -0.05) is 12.1 Å². The van der Waals surface area contributed by atoms with E-state index in [-0.39, 0.29) is 11.9 Å². The van der Waals surface area contributed by atoms with Gasteiger partial charge in [0.05, 0.1) is 13.0 Å². The maximum absolute atomic E-state index is 12.2. The number of fused-ring (bicyclic) bond motifs is 2. The summed E-state index contributed by atoms with van der Waals surface area (Å²) < 4.78 is 11.2. The molecule has 1 aromatic rings. The van der Waals surface area contributed by atoms with Crippen LogP contribution >= 0.6 is 0 Å². The van der Waals surface area contributed by atoms with Gasteiger partial charge in [-0.25, -0.2) is 0 Å². The van der Waals surface area contributed by atoms with Gasteiger partial charge in [0.25, 0.3) is 0 Å². The maximum atomic E-state index is 12.2. The van der Waals surface area contributed by atoms with Gasteiger partial charge in [-0.05, 0) is 37.1 Å². The zero-order valence-corrected chi connectivity index (χ0v) is 14.0. The first-order valence-corrected chi connectivity index (χ1v) is 8.31. The number of hydrogen-bond acceptors (Lipinski definition) is 5. The Labute approximate surface area is 136 Å². The van der Waals surface area contributed by atoms with E-state index in [1.165, 1.54) is 23.9 Å². The Balaban J connectivity index is 1.84. The standard InChI is InChI=1S/C18H24N2O3/c1-20-10-12(17(21)22-2)8-18(23-3)13-5-4-6-14-16(13)11(9-19-14)7-15(18)20/h4-6,11-12,15,19H,7-10H2,1-3H3. The van der Waals surface area contributed by atoms with E-state index in [0.717, 1.165) is 19.5 Å². The van der Waals surface area contributed by atoms with Crippen molar-refractivity contribution in [3.8, 4) is 0 Å². The molecule has 1 N–H and O–H groups in total. The number of ether oxygens (including phenoxy) is 2. The van der Waals surface area contributed by atoms with E-state index in [4.69, 9.17) is 9.47 Å². The molecule has 0 amide bonds. The predicted molar refractivity (Wildman–Crippen MR) is 87.5 cm³/mol. The molecule has 0 saturated carbocycles. The van der Waals surface area contributed by atoms with Gasteiger partial charge >= 0.3 is 5.97 Å². The fourth-order valence-corrected chi connectivity index (χ4v) is 5.05. The molecule has 23 heavy (non-hydrogen) atoms. The number of hydrogen-bond donors (Lipinski definition) is 1. The van der Waals surface area contributed by atoms with Crippen molar-refractivity contribution in [3.63, 3.8) is 0 Å². The van der Waals surface area contributed by atoms with Crippen LogP contribution in [0.25, 0.3) is 0 Å². The molecule has 2 heterocycles. The van der Waals surface area contributed by atoms with Gasteiger partial charge in [-0.2, -0.15) is 0 Å². The minimum absolute atomic E-state index is 0.139. The molecular formula is C18H24N2O3. The number of carbonyl (C=O) groups excluding carboxylic acids is 1. The number of esters is 1. The van der Waals surface area contributed by atoms with Crippen LogP contribution in [0, 0.1) is 5.92 Å². The number of likely N-dealkylation sites (tertiary alicyclic amines) is 1. The van der Waals surface area contributed by atoms with Crippen molar-refractivity contribution in [3.05, 3.63) is 29.3 Å². The van der Waals surface area contributed by atoms with E-state index in [2.05, 4.69) is 35.5 Å². The van der Waals surface area contributed by atoms with Crippen molar-refractivity contribution >= 4 is 11.7 Å². The number of likely N-dealkylation sites (N-methyl/N-ethyl adjacent to an activating group) is 1. The molecule has 124 valence electrons. The Morgan fingerprint density at radius 1 is 1.39 bits per heavy atom. The first-order chi connectivity index (χ1) is 11.1. The highest BCUT2D eigenvalue weighted by Gasteiger charge is 2.55. The Morgan fingerprint density at radius 3 is 2.96 bits per heavy atom. The van der Waals surface area contributed by atoms with Crippen LogP contribution in [0.5, 0.6) is 0 Å². The van der Waals surface area contributed by atoms with Crippen molar-refractivity contribution in [2.45, 2.75) is 30.4 Å². The zero-order chi connectivity index (χ0) is 16.2. The smallest absolute Gasteiger partial charge is 0.310 e. The lowest BCUT2D eigenvalue weighted by Crippen LogP contribution is -2.60. The van der Waals surface area contributed by atoms with Crippen LogP contribution in [-0.2, 0) is 19.9 Å². The van der Waals surface area contributed by atoms with Gasteiger partial charge < -0.3 is 14.8 Å². The molecule has 0 aromatic heterocycles. The highest BCUT2D eigenvalue weighted by molar-refractivity contribution is 5.73. The summed E-state index contributed by atoms with van der Waals surface area (Å²) in [7, 11) is 5.35. The monoisotopic (exact) mass is 316 g/mol. The third-order valence-electron chi connectivity index (χ3n) is 6.04. The van der Waals surface area contributed by atoms with Gasteiger partial charge in [0, 0.05) is 37.8 Å². The Kier molecular flexibility index (Phi) is 3.39. The number of nitrogens with one attached hydrogen (secondary N) is 1. The minimum Gasteiger partial charge on any atom is -0.469 e. The third-order valence-corrected chi connectivity index (χ3v) is 6.04. The fraction of sp³-hybridized carbons (Fsp3) is 0.611. The van der Waals surface area contributed by atoms with E-state index >= 15 is 0 Å². The molecule has 1 aliphatic carbocycles. The van der Waals surface area contributed by atoms with Crippen molar-refractivity contribution in [2.24, 2.45) is 5.92 Å². The lowest BCUT2D eigenvalue weighted by atomic mass is 9.65. The highest BCUT2D eigenvalue weighted by atomic mass is 16.5. The van der Waals surface area contributed by atoms with Crippen LogP contribution in [0.3, 0.4) is 0 Å². The molecule has 4 rings (SSSR count). The molecule has 1 saturated heterocycles. The summed E-state index contributed by atoms with van der Waals surface area (Å²) in [6.45, 7) is 1.73. The Morgan fingerprint density at radius 2 is 2.22 bits per heavy atom. The van der Waals surface area contributed by atoms with Gasteiger partial charge in [0.15, 0.2) is 0 Å². The van der Waals surface area contributed by atoms with E-state index < -0.39 is 5.60 Å². The summed E-state index contributed by atoms with van der Waals surface area (Å²) in [6.07, 6.45) is 1.75. The van der Waals surface area contributed by atoms with Crippen LogP contribution in [0.15, 0.2) is 18.2 Å². The van der Waals surface area contributed by atoms with E-state index in [9.17, 15) is 4.79 Å². The summed E-state index contributed by atoms with van der Waals surface area (Å²) in [6, 6.07) is 6.71. The number of piperidine rings is 1. The lowest BCUT2D eigenvalue weighted by Gasteiger charge is -2.54. The molecule has 4 unspecified atom stereocenters. The quantitative estimate of drug-likeness (QED) is 0.845. The first-order valence-electron chi connectivity index (χ1n) is 8.31. The molecule has 0 radical (unpaired) electrons. The number of rotatable bonds is 2. The number of nitrogens with zero attached hydrogens (tertiary/aromatic N) is 1. The molecule has 5 nitrogen and oxygen atoms in total. The SMILES string of the molecule is COC(=O)C1CN(C)C2CC3CNc4cccc(c43)C2(OC)C1. The Hall–Kier alpha value is -1.59. The predicted octanol–water partition coefficient (Wildman–Crippen LogP) is 1.93. The number of anilines is 1.